The van der Waals surface area contributed by atoms with E-state index >= 15 is 0 Å². The van der Waals surface area contributed by atoms with Crippen LogP contribution in [-0.2, 0) is 0 Å². The Balaban J connectivity index is 1.36. The number of aromatic nitrogens is 3. The number of rotatable bonds is 6. The Morgan fingerprint density at radius 3 is 2.78 bits per heavy atom. The molecule has 1 amide bonds. The van der Waals surface area contributed by atoms with E-state index in [9.17, 15) is 4.79 Å². The molecule has 1 saturated heterocycles. The van der Waals surface area contributed by atoms with Crippen LogP contribution in [0.4, 0.5) is 0 Å². The number of likely N-dealkylation sites (tertiary alicyclic amines) is 1. The van der Waals surface area contributed by atoms with Crippen LogP contribution in [0.5, 0.6) is 0 Å². The smallest absolute Gasteiger partial charge is 0.253 e. The van der Waals surface area contributed by atoms with Crippen molar-refractivity contribution in [1.29, 1.82) is 0 Å². The van der Waals surface area contributed by atoms with Crippen LogP contribution in [0.15, 0.2) is 41.8 Å². The molecule has 1 aliphatic heterocycles. The van der Waals surface area contributed by atoms with Gasteiger partial charge in [-0.2, -0.15) is 5.10 Å². The van der Waals surface area contributed by atoms with Crippen molar-refractivity contribution in [1.82, 2.24) is 25.4 Å². The summed E-state index contributed by atoms with van der Waals surface area (Å²) in [7, 11) is 0. The van der Waals surface area contributed by atoms with Gasteiger partial charge in [0.25, 0.3) is 5.91 Å². The molecule has 1 fully saturated rings. The van der Waals surface area contributed by atoms with Crippen molar-refractivity contribution in [2.45, 2.75) is 24.0 Å². The molecule has 0 radical (unpaired) electrons. The minimum Gasteiger partial charge on any atom is -0.339 e. The molecule has 23 heavy (non-hydrogen) atoms. The summed E-state index contributed by atoms with van der Waals surface area (Å²) >= 11 is 1.66. The Morgan fingerprint density at radius 1 is 1.30 bits per heavy atom. The summed E-state index contributed by atoms with van der Waals surface area (Å²) < 4.78 is 0. The first-order valence-corrected chi connectivity index (χ1v) is 8.87. The second kappa shape index (κ2) is 8.12. The van der Waals surface area contributed by atoms with Gasteiger partial charge in [0.05, 0.1) is 0 Å². The predicted octanol–water partition coefficient (Wildman–Crippen LogP) is 1.79. The van der Waals surface area contributed by atoms with Gasteiger partial charge >= 0.3 is 0 Å². The van der Waals surface area contributed by atoms with E-state index in [-0.39, 0.29) is 5.91 Å². The molecule has 1 aromatic carbocycles. The maximum Gasteiger partial charge on any atom is 0.253 e. The lowest BCUT2D eigenvalue weighted by molar-refractivity contribution is 0.0706. The number of hydrogen-bond donors (Lipinski definition) is 2. The first kappa shape index (κ1) is 16.0. The number of aromatic amines is 1. The third-order valence-electron chi connectivity index (χ3n) is 3.97. The molecule has 0 aliphatic carbocycles. The Morgan fingerprint density at radius 2 is 2.09 bits per heavy atom. The van der Waals surface area contributed by atoms with Gasteiger partial charge in [-0.25, -0.2) is 4.98 Å². The fourth-order valence-electron chi connectivity index (χ4n) is 2.72. The number of piperidine rings is 1. The normalized spacial score (nSPS) is 15.7. The summed E-state index contributed by atoms with van der Waals surface area (Å²) in [6.07, 6.45) is 3.53. The van der Waals surface area contributed by atoms with E-state index in [0.717, 1.165) is 48.9 Å². The van der Waals surface area contributed by atoms with Crippen LogP contribution in [0.25, 0.3) is 0 Å². The van der Waals surface area contributed by atoms with Crippen LogP contribution in [0.2, 0.25) is 0 Å². The quantitative estimate of drug-likeness (QED) is 0.624. The van der Waals surface area contributed by atoms with Crippen molar-refractivity contribution in [2.75, 3.05) is 25.4 Å². The van der Waals surface area contributed by atoms with E-state index in [0.29, 0.717) is 6.04 Å². The van der Waals surface area contributed by atoms with Crippen LogP contribution < -0.4 is 5.32 Å². The molecule has 2 N–H and O–H groups in total. The maximum absolute atomic E-state index is 12.4. The van der Waals surface area contributed by atoms with Gasteiger partial charge in [-0.15, -0.1) is 0 Å². The van der Waals surface area contributed by atoms with E-state index in [4.69, 9.17) is 0 Å². The number of thioether (sulfide) groups is 1. The maximum atomic E-state index is 12.4. The van der Waals surface area contributed by atoms with E-state index in [2.05, 4.69) is 20.5 Å². The zero-order valence-corrected chi connectivity index (χ0v) is 13.8. The molecule has 1 aromatic heterocycles. The zero-order chi connectivity index (χ0) is 15.9. The Hall–Kier alpha value is -1.86. The Labute approximate surface area is 140 Å². The number of nitrogens with zero attached hydrogens (tertiary/aromatic N) is 3. The van der Waals surface area contributed by atoms with Gasteiger partial charge in [0.1, 0.15) is 6.33 Å². The second-order valence-electron chi connectivity index (χ2n) is 5.53. The summed E-state index contributed by atoms with van der Waals surface area (Å²) in [5.74, 6) is 1.10. The molecule has 0 saturated carbocycles. The largest absolute Gasteiger partial charge is 0.339 e. The van der Waals surface area contributed by atoms with Crippen LogP contribution in [0, 0.1) is 0 Å². The number of nitrogens with one attached hydrogen (secondary N) is 2. The van der Waals surface area contributed by atoms with Gasteiger partial charge in [-0.1, -0.05) is 30.0 Å². The number of carbonyl (C=O) groups excluding carboxylic acids is 1. The van der Waals surface area contributed by atoms with Gasteiger partial charge < -0.3 is 10.2 Å². The summed E-state index contributed by atoms with van der Waals surface area (Å²) in [4.78, 5) is 18.4. The lowest BCUT2D eigenvalue weighted by atomic mass is 10.0. The standard InChI is InChI=1S/C16H21N5OS/c22-15(13-4-2-1-3-5-13)21-9-6-14(7-10-21)17-8-11-23-16-18-12-19-20-16/h1-5,12,14,17H,6-11H2,(H,18,19,20). The van der Waals surface area contributed by atoms with Crippen molar-refractivity contribution in [3.63, 3.8) is 0 Å². The lowest BCUT2D eigenvalue weighted by Gasteiger charge is -2.32. The van der Waals surface area contributed by atoms with E-state index in [1.54, 1.807) is 11.8 Å². The second-order valence-corrected chi connectivity index (χ2v) is 6.61. The molecule has 7 heteroatoms. The fraction of sp³-hybridized carbons (Fsp3) is 0.438. The molecule has 6 nitrogen and oxygen atoms in total. The molecule has 1 aliphatic rings. The lowest BCUT2D eigenvalue weighted by Crippen LogP contribution is -2.45. The van der Waals surface area contributed by atoms with Crippen molar-refractivity contribution in [3.05, 3.63) is 42.2 Å². The van der Waals surface area contributed by atoms with Gasteiger partial charge in [-0.05, 0) is 25.0 Å². The summed E-state index contributed by atoms with van der Waals surface area (Å²) in [5.41, 5.74) is 0.780. The first-order valence-electron chi connectivity index (χ1n) is 7.89. The fourth-order valence-corrected chi connectivity index (χ4v) is 3.38. The van der Waals surface area contributed by atoms with E-state index < -0.39 is 0 Å². The van der Waals surface area contributed by atoms with Crippen LogP contribution >= 0.6 is 11.8 Å². The molecule has 122 valence electrons. The van der Waals surface area contributed by atoms with Crippen molar-refractivity contribution in [3.8, 4) is 0 Å². The molecule has 2 heterocycles. The van der Waals surface area contributed by atoms with E-state index in [1.165, 1.54) is 6.33 Å². The summed E-state index contributed by atoms with van der Waals surface area (Å²) in [5, 5.41) is 11.1. The minimum atomic E-state index is 0.143. The average Bonchev–Trinajstić information content (AvgIpc) is 3.13. The van der Waals surface area contributed by atoms with Gasteiger partial charge in [0, 0.05) is 37.0 Å². The number of hydrogen-bond acceptors (Lipinski definition) is 5. The molecular weight excluding hydrogens is 310 g/mol. The molecule has 2 aromatic rings. The Bertz CT molecular complexity index is 596. The SMILES string of the molecule is O=C(c1ccccc1)N1CCC(NCCSc2ncn[nH]2)CC1. The highest BCUT2D eigenvalue weighted by Crippen LogP contribution is 2.15. The minimum absolute atomic E-state index is 0.143. The van der Waals surface area contributed by atoms with Gasteiger partial charge in [-0.3, -0.25) is 9.89 Å². The summed E-state index contributed by atoms with van der Waals surface area (Å²) in [6, 6.07) is 10.0. The van der Waals surface area contributed by atoms with Crippen LogP contribution in [0.1, 0.15) is 23.2 Å². The monoisotopic (exact) mass is 331 g/mol. The average molecular weight is 331 g/mol. The highest BCUT2D eigenvalue weighted by atomic mass is 32.2. The zero-order valence-electron chi connectivity index (χ0n) is 12.9. The molecular formula is C16H21N5OS. The number of carbonyl (C=O) groups is 1. The highest BCUT2D eigenvalue weighted by molar-refractivity contribution is 7.99. The van der Waals surface area contributed by atoms with Crippen molar-refractivity contribution in [2.24, 2.45) is 0 Å². The van der Waals surface area contributed by atoms with Crippen LogP contribution in [0.3, 0.4) is 0 Å². The van der Waals surface area contributed by atoms with E-state index in [1.807, 2.05) is 35.2 Å². The molecule has 0 atom stereocenters. The predicted molar refractivity (Wildman–Crippen MR) is 90.5 cm³/mol. The summed E-state index contributed by atoms with van der Waals surface area (Å²) in [6.45, 7) is 2.57. The third-order valence-corrected chi connectivity index (χ3v) is 4.85. The number of amides is 1. The Kier molecular flexibility index (Phi) is 5.65. The van der Waals surface area contributed by atoms with Crippen LogP contribution in [-0.4, -0.2) is 57.4 Å². The van der Waals surface area contributed by atoms with Gasteiger partial charge in [0.2, 0.25) is 0 Å². The molecule has 0 unspecified atom stereocenters. The molecule has 0 spiro atoms. The van der Waals surface area contributed by atoms with Gasteiger partial charge in [0.15, 0.2) is 5.16 Å². The molecule has 3 rings (SSSR count). The first-order chi connectivity index (χ1) is 11.3. The van der Waals surface area contributed by atoms with Crippen molar-refractivity contribution < 1.29 is 4.79 Å². The molecule has 0 bridgehead atoms. The number of H-pyrrole nitrogens is 1. The third kappa shape index (κ3) is 4.56. The number of benzene rings is 1. The highest BCUT2D eigenvalue weighted by Gasteiger charge is 2.23. The topological polar surface area (TPSA) is 73.9 Å². The van der Waals surface area contributed by atoms with Crippen molar-refractivity contribution >= 4 is 17.7 Å².